The monoisotopic (exact) mass is 241 g/mol. The van der Waals surface area contributed by atoms with Gasteiger partial charge in [0, 0.05) is 19.8 Å². The van der Waals surface area contributed by atoms with Gasteiger partial charge < -0.3 is 10.6 Å². The summed E-state index contributed by atoms with van der Waals surface area (Å²) in [6.07, 6.45) is 3.14. The summed E-state index contributed by atoms with van der Waals surface area (Å²) in [4.78, 5) is 12.8. The van der Waals surface area contributed by atoms with Crippen molar-refractivity contribution in [3.8, 4) is 6.07 Å². The third kappa shape index (κ3) is 3.49. The third-order valence-corrected chi connectivity index (χ3v) is 2.35. The van der Waals surface area contributed by atoms with Crippen molar-refractivity contribution < 1.29 is 4.79 Å². The summed E-state index contributed by atoms with van der Waals surface area (Å²) in [5.74, 6) is -0.722. The highest BCUT2D eigenvalue weighted by atomic mass is 16.1. The minimum Gasteiger partial charge on any atom is -0.377 e. The van der Waals surface area contributed by atoms with E-state index in [-0.39, 0.29) is 5.57 Å². The second-order valence-corrected chi connectivity index (χ2v) is 3.87. The van der Waals surface area contributed by atoms with Crippen LogP contribution in [0.3, 0.4) is 0 Å². The van der Waals surface area contributed by atoms with Crippen LogP contribution in [0.4, 0.5) is 0 Å². The van der Waals surface area contributed by atoms with Gasteiger partial charge in [-0.3, -0.25) is 4.79 Å². The fourth-order valence-corrected chi connectivity index (χ4v) is 1.45. The zero-order chi connectivity index (χ0) is 13.5. The maximum atomic E-state index is 10.9. The first kappa shape index (κ1) is 13.5. The van der Waals surface area contributed by atoms with Gasteiger partial charge in [0.25, 0.3) is 5.91 Å². The fourth-order valence-electron chi connectivity index (χ4n) is 1.45. The molecule has 0 aromatic heterocycles. The van der Waals surface area contributed by atoms with Crippen LogP contribution in [-0.2, 0) is 4.79 Å². The zero-order valence-corrected chi connectivity index (χ0v) is 10.4. The Morgan fingerprint density at radius 3 is 2.33 bits per heavy atom. The predicted octanol–water partition coefficient (Wildman–Crippen LogP) is 1.52. The van der Waals surface area contributed by atoms with Gasteiger partial charge >= 0.3 is 0 Å². The number of rotatable bonds is 4. The van der Waals surface area contributed by atoms with Gasteiger partial charge in [-0.05, 0) is 17.7 Å². The van der Waals surface area contributed by atoms with Crippen LogP contribution in [-0.4, -0.2) is 24.9 Å². The standard InChI is InChI=1S/C14H15N3O/c1-17(2)13(11-6-4-3-5-7-11)9-8-12(10-15)14(16)18/h3-9H,1-2H3,(H2,16,18)/b12-8-,13-9-. The Morgan fingerprint density at radius 1 is 1.28 bits per heavy atom. The van der Waals surface area contributed by atoms with Crippen molar-refractivity contribution >= 4 is 11.6 Å². The molecule has 0 aliphatic rings. The molecule has 0 aliphatic heterocycles. The molecule has 0 saturated carbocycles. The van der Waals surface area contributed by atoms with Crippen molar-refractivity contribution in [2.45, 2.75) is 0 Å². The average Bonchev–Trinajstić information content (AvgIpc) is 2.35. The van der Waals surface area contributed by atoms with Crippen LogP contribution >= 0.6 is 0 Å². The van der Waals surface area contributed by atoms with Gasteiger partial charge in [0.2, 0.25) is 0 Å². The number of nitrogens with zero attached hydrogens (tertiary/aromatic N) is 2. The van der Waals surface area contributed by atoms with E-state index in [4.69, 9.17) is 11.0 Å². The molecule has 0 heterocycles. The van der Waals surface area contributed by atoms with E-state index < -0.39 is 5.91 Å². The van der Waals surface area contributed by atoms with E-state index in [1.807, 2.05) is 49.3 Å². The zero-order valence-electron chi connectivity index (χ0n) is 10.4. The van der Waals surface area contributed by atoms with Crippen LogP contribution in [0.2, 0.25) is 0 Å². The van der Waals surface area contributed by atoms with Gasteiger partial charge in [-0.25, -0.2) is 0 Å². The number of amides is 1. The van der Waals surface area contributed by atoms with Crippen LogP contribution < -0.4 is 5.73 Å². The van der Waals surface area contributed by atoms with E-state index in [0.29, 0.717) is 0 Å². The summed E-state index contributed by atoms with van der Waals surface area (Å²) < 4.78 is 0. The summed E-state index contributed by atoms with van der Waals surface area (Å²) in [6, 6.07) is 11.5. The summed E-state index contributed by atoms with van der Waals surface area (Å²) in [5, 5.41) is 8.76. The molecule has 2 N–H and O–H groups in total. The fraction of sp³-hybridized carbons (Fsp3) is 0.143. The first-order valence-electron chi connectivity index (χ1n) is 5.41. The Labute approximate surface area is 107 Å². The van der Waals surface area contributed by atoms with Crippen molar-refractivity contribution in [3.63, 3.8) is 0 Å². The first-order valence-corrected chi connectivity index (χ1v) is 5.41. The number of benzene rings is 1. The number of hydrogen-bond acceptors (Lipinski definition) is 3. The smallest absolute Gasteiger partial charge is 0.259 e. The number of nitriles is 1. The molecule has 0 bridgehead atoms. The minimum atomic E-state index is -0.722. The molecule has 0 unspecified atom stereocenters. The molecule has 0 radical (unpaired) electrons. The van der Waals surface area contributed by atoms with Gasteiger partial charge in [-0.1, -0.05) is 30.3 Å². The Kier molecular flexibility index (Phi) is 4.70. The van der Waals surface area contributed by atoms with Crippen molar-refractivity contribution in [3.05, 3.63) is 53.6 Å². The molecular formula is C14H15N3O. The molecule has 0 spiro atoms. The van der Waals surface area contributed by atoms with Crippen LogP contribution in [0.25, 0.3) is 5.70 Å². The third-order valence-electron chi connectivity index (χ3n) is 2.35. The largest absolute Gasteiger partial charge is 0.377 e. The van der Waals surface area contributed by atoms with Crippen LogP contribution in [0.15, 0.2) is 48.1 Å². The average molecular weight is 241 g/mol. The summed E-state index contributed by atoms with van der Waals surface area (Å²) in [6.45, 7) is 0. The van der Waals surface area contributed by atoms with Crippen molar-refractivity contribution in [1.82, 2.24) is 4.90 Å². The number of carbonyl (C=O) groups is 1. The molecule has 4 heteroatoms. The Bertz CT molecular complexity index is 522. The summed E-state index contributed by atoms with van der Waals surface area (Å²) >= 11 is 0. The molecule has 1 rings (SSSR count). The number of primary amides is 1. The topological polar surface area (TPSA) is 70.1 Å². The number of hydrogen-bond donors (Lipinski definition) is 1. The van der Waals surface area contributed by atoms with Gasteiger partial charge in [0.1, 0.15) is 11.6 Å². The van der Waals surface area contributed by atoms with E-state index in [1.165, 1.54) is 6.08 Å². The maximum absolute atomic E-state index is 10.9. The first-order chi connectivity index (χ1) is 8.56. The lowest BCUT2D eigenvalue weighted by Crippen LogP contribution is -2.13. The molecule has 0 aliphatic carbocycles. The second-order valence-electron chi connectivity index (χ2n) is 3.87. The van der Waals surface area contributed by atoms with E-state index >= 15 is 0 Å². The number of allylic oxidation sites excluding steroid dienone is 2. The molecule has 1 aromatic carbocycles. The van der Waals surface area contributed by atoms with Gasteiger partial charge in [-0.15, -0.1) is 0 Å². The highest BCUT2D eigenvalue weighted by Gasteiger charge is 2.04. The number of carbonyl (C=O) groups excluding carboxylic acids is 1. The molecule has 0 fully saturated rings. The lowest BCUT2D eigenvalue weighted by atomic mass is 10.1. The lowest BCUT2D eigenvalue weighted by Gasteiger charge is -2.17. The number of nitrogens with two attached hydrogens (primary N) is 1. The van der Waals surface area contributed by atoms with E-state index in [1.54, 1.807) is 12.1 Å². The molecule has 4 nitrogen and oxygen atoms in total. The molecular weight excluding hydrogens is 226 g/mol. The normalized spacial score (nSPS) is 11.8. The highest BCUT2D eigenvalue weighted by molar-refractivity contribution is 5.96. The quantitative estimate of drug-likeness (QED) is 0.493. The van der Waals surface area contributed by atoms with Crippen molar-refractivity contribution in [2.24, 2.45) is 5.73 Å². The van der Waals surface area contributed by atoms with Crippen molar-refractivity contribution in [1.29, 1.82) is 5.26 Å². The Balaban J connectivity index is 3.16. The molecule has 1 aromatic rings. The van der Waals surface area contributed by atoms with Crippen LogP contribution in [0.1, 0.15) is 5.56 Å². The van der Waals surface area contributed by atoms with Crippen LogP contribution in [0.5, 0.6) is 0 Å². The van der Waals surface area contributed by atoms with Crippen molar-refractivity contribution in [2.75, 3.05) is 14.1 Å². The molecule has 18 heavy (non-hydrogen) atoms. The Hall–Kier alpha value is -2.54. The summed E-state index contributed by atoms with van der Waals surface area (Å²) in [7, 11) is 3.78. The maximum Gasteiger partial charge on any atom is 0.259 e. The molecule has 1 amide bonds. The second kappa shape index (κ2) is 6.26. The lowest BCUT2D eigenvalue weighted by molar-refractivity contribution is -0.114. The van der Waals surface area contributed by atoms with E-state index in [2.05, 4.69) is 0 Å². The SMILES string of the molecule is CN(C)/C(=C\C=C(\C#N)C(N)=O)c1ccccc1. The highest BCUT2D eigenvalue weighted by Crippen LogP contribution is 2.16. The molecule has 0 atom stereocenters. The van der Waals surface area contributed by atoms with E-state index in [9.17, 15) is 4.79 Å². The minimum absolute atomic E-state index is 0.0646. The summed E-state index contributed by atoms with van der Waals surface area (Å²) in [5.41, 5.74) is 6.90. The van der Waals surface area contributed by atoms with E-state index in [0.717, 1.165) is 11.3 Å². The molecule has 92 valence electrons. The van der Waals surface area contributed by atoms with Gasteiger partial charge in [-0.2, -0.15) is 5.26 Å². The predicted molar refractivity (Wildman–Crippen MR) is 71.0 cm³/mol. The molecule has 0 saturated heterocycles. The Morgan fingerprint density at radius 2 is 1.89 bits per heavy atom. The van der Waals surface area contributed by atoms with Gasteiger partial charge in [0.05, 0.1) is 0 Å². The van der Waals surface area contributed by atoms with Crippen LogP contribution in [0, 0.1) is 11.3 Å². The van der Waals surface area contributed by atoms with Gasteiger partial charge in [0.15, 0.2) is 0 Å².